The predicted octanol–water partition coefficient (Wildman–Crippen LogP) is 0.0201. The van der Waals surface area contributed by atoms with Crippen LogP contribution in [0.5, 0.6) is 0 Å². The lowest BCUT2D eigenvalue weighted by atomic mass is 10.2. The molecule has 1 atom stereocenters. The van der Waals surface area contributed by atoms with Crippen molar-refractivity contribution in [3.8, 4) is 0 Å². The number of nitrogens with two attached hydrogens (primary N) is 1. The van der Waals surface area contributed by atoms with Crippen LogP contribution in [0.3, 0.4) is 0 Å². The molecule has 4 N–H and O–H groups in total. The Morgan fingerprint density at radius 3 is 2.35 bits per heavy atom. The Hall–Kier alpha value is -0.930. The van der Waals surface area contributed by atoms with Gasteiger partial charge in [0.15, 0.2) is 0 Å². The smallest absolute Gasteiger partial charge is 0.422 e. The lowest BCUT2D eigenvalue weighted by Gasteiger charge is -2.16. The van der Waals surface area contributed by atoms with E-state index in [-0.39, 0.29) is 4.99 Å². The first-order chi connectivity index (χ1) is 7.68. The van der Waals surface area contributed by atoms with E-state index in [0.717, 1.165) is 0 Å². The zero-order valence-corrected chi connectivity index (χ0v) is 11.5. The molecule has 0 aliphatic heterocycles. The Kier molecular flexibility index (Phi) is 6.35. The molecule has 0 heterocycles. The SMILES string of the molecule is CCC(NS(=O)(=O)NC(=O)OC(C)C)C(N)=S. The maximum absolute atomic E-state index is 11.5. The Balaban J connectivity index is 4.49. The van der Waals surface area contributed by atoms with Gasteiger partial charge in [-0.1, -0.05) is 19.1 Å². The normalized spacial score (nSPS) is 13.2. The molecular weight excluding hydrogens is 266 g/mol. The molecule has 100 valence electrons. The second kappa shape index (κ2) is 6.72. The van der Waals surface area contributed by atoms with Crippen LogP contribution >= 0.6 is 12.2 Å². The lowest BCUT2D eigenvalue weighted by molar-refractivity contribution is 0.121. The molecule has 0 saturated carbocycles. The number of nitrogens with one attached hydrogen (secondary N) is 2. The highest BCUT2D eigenvalue weighted by Crippen LogP contribution is 1.95. The number of thiocarbonyl (C=S) groups is 1. The predicted molar refractivity (Wildman–Crippen MR) is 67.7 cm³/mol. The van der Waals surface area contributed by atoms with Gasteiger partial charge in [-0.05, 0) is 20.3 Å². The van der Waals surface area contributed by atoms with E-state index in [4.69, 9.17) is 5.73 Å². The third-order valence-electron chi connectivity index (χ3n) is 1.61. The van der Waals surface area contributed by atoms with Crippen LogP contribution in [0.2, 0.25) is 0 Å². The third kappa shape index (κ3) is 7.08. The van der Waals surface area contributed by atoms with Gasteiger partial charge in [-0.2, -0.15) is 13.1 Å². The van der Waals surface area contributed by atoms with Crippen LogP contribution in [0.4, 0.5) is 4.79 Å². The molecule has 0 aromatic heterocycles. The van der Waals surface area contributed by atoms with Crippen LogP contribution in [0.15, 0.2) is 0 Å². The molecular formula is C8H17N3O4S2. The largest absolute Gasteiger partial charge is 0.446 e. The number of hydrogen-bond donors (Lipinski definition) is 3. The quantitative estimate of drug-likeness (QED) is 0.593. The van der Waals surface area contributed by atoms with Crippen LogP contribution in [-0.4, -0.2) is 31.6 Å². The van der Waals surface area contributed by atoms with Crippen molar-refractivity contribution in [3.63, 3.8) is 0 Å². The van der Waals surface area contributed by atoms with Crippen molar-refractivity contribution in [2.45, 2.75) is 39.3 Å². The van der Waals surface area contributed by atoms with Crippen LogP contribution < -0.4 is 15.2 Å². The standard InChI is InChI=1S/C8H17N3O4S2/c1-4-6(7(9)16)10-17(13,14)11-8(12)15-5(2)3/h5-6,10H,4H2,1-3H3,(H2,9,16)(H,11,12). The van der Waals surface area contributed by atoms with Crippen molar-refractivity contribution in [2.24, 2.45) is 5.73 Å². The van der Waals surface area contributed by atoms with Crippen LogP contribution in [0.25, 0.3) is 0 Å². The first-order valence-corrected chi connectivity index (χ1v) is 6.87. The Labute approximate surface area is 106 Å². The van der Waals surface area contributed by atoms with Crippen LogP contribution in [0.1, 0.15) is 27.2 Å². The Morgan fingerprint density at radius 1 is 1.47 bits per heavy atom. The minimum absolute atomic E-state index is 0.00935. The number of amides is 1. The van der Waals surface area contributed by atoms with Gasteiger partial charge < -0.3 is 10.5 Å². The van der Waals surface area contributed by atoms with Crippen molar-refractivity contribution in [3.05, 3.63) is 0 Å². The van der Waals surface area contributed by atoms with Gasteiger partial charge in [-0.3, -0.25) is 0 Å². The summed E-state index contributed by atoms with van der Waals surface area (Å²) in [5, 5.41) is 0. The molecule has 0 aromatic carbocycles. The lowest BCUT2D eigenvalue weighted by Crippen LogP contribution is -2.49. The molecule has 17 heavy (non-hydrogen) atoms. The summed E-state index contributed by atoms with van der Waals surface area (Å²) in [6.45, 7) is 4.91. The van der Waals surface area contributed by atoms with Crippen LogP contribution in [-0.2, 0) is 14.9 Å². The minimum Gasteiger partial charge on any atom is -0.446 e. The summed E-state index contributed by atoms with van der Waals surface area (Å²) < 4.78 is 31.4. The fraction of sp³-hybridized carbons (Fsp3) is 0.750. The minimum atomic E-state index is -4.02. The molecule has 0 rings (SSSR count). The van der Waals surface area contributed by atoms with Gasteiger partial charge in [-0.25, -0.2) is 9.52 Å². The highest BCUT2D eigenvalue weighted by Gasteiger charge is 2.21. The van der Waals surface area contributed by atoms with Crippen LogP contribution in [0, 0.1) is 0 Å². The van der Waals surface area contributed by atoms with E-state index in [1.807, 2.05) is 0 Å². The summed E-state index contributed by atoms with van der Waals surface area (Å²) >= 11 is 4.67. The van der Waals surface area contributed by atoms with Gasteiger partial charge >= 0.3 is 16.3 Å². The molecule has 7 nitrogen and oxygen atoms in total. The third-order valence-corrected chi connectivity index (χ3v) is 2.92. The van der Waals surface area contributed by atoms with E-state index in [0.29, 0.717) is 6.42 Å². The average molecular weight is 283 g/mol. The fourth-order valence-electron chi connectivity index (χ4n) is 0.907. The van der Waals surface area contributed by atoms with E-state index in [1.165, 1.54) is 0 Å². The second-order valence-electron chi connectivity index (χ2n) is 3.54. The van der Waals surface area contributed by atoms with E-state index < -0.39 is 28.4 Å². The molecule has 0 spiro atoms. The zero-order chi connectivity index (χ0) is 13.6. The summed E-state index contributed by atoms with van der Waals surface area (Å²) in [6.07, 6.45) is -1.08. The molecule has 1 unspecified atom stereocenters. The van der Waals surface area contributed by atoms with Gasteiger partial charge in [-0.15, -0.1) is 0 Å². The topological polar surface area (TPSA) is 111 Å². The molecule has 0 bridgehead atoms. The zero-order valence-electron chi connectivity index (χ0n) is 9.89. The summed E-state index contributed by atoms with van der Waals surface area (Å²) in [4.78, 5) is 11.1. The van der Waals surface area contributed by atoms with Crippen molar-refractivity contribution in [1.29, 1.82) is 0 Å². The highest BCUT2D eigenvalue weighted by molar-refractivity contribution is 7.88. The highest BCUT2D eigenvalue weighted by atomic mass is 32.2. The summed E-state index contributed by atoms with van der Waals surface area (Å²) in [7, 11) is -4.02. The van der Waals surface area contributed by atoms with Gasteiger partial charge in [0.25, 0.3) is 0 Å². The molecule has 0 saturated heterocycles. The number of ether oxygens (including phenoxy) is 1. The molecule has 0 aliphatic rings. The molecule has 0 radical (unpaired) electrons. The number of carbonyl (C=O) groups is 1. The van der Waals surface area contributed by atoms with E-state index >= 15 is 0 Å². The maximum Gasteiger partial charge on any atom is 0.422 e. The Morgan fingerprint density at radius 2 is 2.00 bits per heavy atom. The van der Waals surface area contributed by atoms with E-state index in [9.17, 15) is 13.2 Å². The maximum atomic E-state index is 11.5. The Bertz CT molecular complexity index is 380. The van der Waals surface area contributed by atoms with Gasteiger partial charge in [0.05, 0.1) is 17.1 Å². The number of rotatable bonds is 6. The molecule has 9 heteroatoms. The van der Waals surface area contributed by atoms with Crippen molar-refractivity contribution in [1.82, 2.24) is 9.44 Å². The summed E-state index contributed by atoms with van der Waals surface area (Å²) in [5.74, 6) is 0. The molecule has 1 amide bonds. The van der Waals surface area contributed by atoms with Crippen molar-refractivity contribution in [2.75, 3.05) is 0 Å². The van der Waals surface area contributed by atoms with Gasteiger partial charge in [0.2, 0.25) is 0 Å². The summed E-state index contributed by atoms with van der Waals surface area (Å²) in [5.41, 5.74) is 5.33. The molecule has 0 aromatic rings. The van der Waals surface area contributed by atoms with Crippen molar-refractivity contribution >= 4 is 33.5 Å². The second-order valence-corrected chi connectivity index (χ2v) is 5.46. The first kappa shape index (κ1) is 16.1. The van der Waals surface area contributed by atoms with Gasteiger partial charge in [0.1, 0.15) is 0 Å². The summed E-state index contributed by atoms with van der Waals surface area (Å²) in [6, 6.07) is -0.700. The molecule has 0 fully saturated rings. The number of hydrogen-bond acceptors (Lipinski definition) is 5. The van der Waals surface area contributed by atoms with Crippen molar-refractivity contribution < 1.29 is 17.9 Å². The first-order valence-electron chi connectivity index (χ1n) is 4.98. The van der Waals surface area contributed by atoms with E-state index in [2.05, 4.69) is 21.7 Å². The number of carbonyl (C=O) groups excluding carboxylic acids is 1. The molecule has 0 aliphatic carbocycles. The monoisotopic (exact) mass is 283 g/mol. The average Bonchev–Trinajstić information content (AvgIpc) is 2.11. The fourth-order valence-corrected chi connectivity index (χ4v) is 2.20. The van der Waals surface area contributed by atoms with Gasteiger partial charge in [0, 0.05) is 0 Å². The van der Waals surface area contributed by atoms with E-state index in [1.54, 1.807) is 25.5 Å².